The van der Waals surface area contributed by atoms with Gasteiger partial charge in [-0.1, -0.05) is 16.8 Å². The summed E-state index contributed by atoms with van der Waals surface area (Å²) in [4.78, 5) is 26.7. The van der Waals surface area contributed by atoms with Crippen molar-refractivity contribution in [3.05, 3.63) is 38.7 Å². The van der Waals surface area contributed by atoms with Crippen LogP contribution in [0.25, 0.3) is 0 Å². The number of Topliss-reactive ketones (excluding diaryl/α,β-unsaturated/α-hetero) is 1. The average Bonchev–Trinajstić information content (AvgIpc) is 3.49. The molecule has 0 saturated heterocycles. The van der Waals surface area contributed by atoms with E-state index >= 15 is 0 Å². The van der Waals surface area contributed by atoms with Crippen LogP contribution in [0.5, 0.6) is 17.2 Å². The molecule has 0 aliphatic carbocycles. The SMILES string of the molecule is COc1c2c(cc(C(C)=O)c1N(C(=O)c1sccc1S(N)(=O)=O)c1onc(C)c1Cl)OCO2. The first kappa shape index (κ1) is 23.0. The van der Waals surface area contributed by atoms with Crippen molar-refractivity contribution >= 4 is 56.2 Å². The summed E-state index contributed by atoms with van der Waals surface area (Å²) in [7, 11) is -2.94. The fraction of sp³-hybridized carbons (Fsp3) is 0.211. The Balaban J connectivity index is 2.07. The number of benzene rings is 1. The summed E-state index contributed by atoms with van der Waals surface area (Å²) in [5.41, 5.74) is 0.167. The lowest BCUT2D eigenvalue weighted by Crippen LogP contribution is -2.29. The number of carbonyl (C=O) groups excluding carboxylic acids is 2. The summed E-state index contributed by atoms with van der Waals surface area (Å²) >= 11 is 7.19. The van der Waals surface area contributed by atoms with E-state index in [1.165, 1.54) is 31.5 Å². The Morgan fingerprint density at radius 1 is 1.33 bits per heavy atom. The minimum Gasteiger partial charge on any atom is -0.491 e. The summed E-state index contributed by atoms with van der Waals surface area (Å²) in [6.45, 7) is 2.68. The lowest BCUT2D eigenvalue weighted by Gasteiger charge is -2.24. The number of carbonyl (C=O) groups is 2. The molecule has 4 rings (SSSR count). The molecule has 0 radical (unpaired) electrons. The van der Waals surface area contributed by atoms with Crippen LogP contribution in [0.2, 0.25) is 5.02 Å². The summed E-state index contributed by atoms with van der Waals surface area (Å²) in [6.07, 6.45) is 0. The molecule has 1 amide bonds. The van der Waals surface area contributed by atoms with Gasteiger partial charge in [-0.2, -0.15) is 0 Å². The maximum Gasteiger partial charge on any atom is 0.276 e. The Bertz CT molecular complexity index is 1400. The molecular weight excluding hydrogens is 498 g/mol. The normalized spacial score (nSPS) is 12.6. The molecule has 2 aromatic heterocycles. The first-order chi connectivity index (χ1) is 15.6. The molecule has 1 aliphatic rings. The first-order valence-corrected chi connectivity index (χ1v) is 11.9. The van der Waals surface area contributed by atoms with Gasteiger partial charge in [-0.25, -0.2) is 18.5 Å². The number of ketones is 1. The number of nitrogens with zero attached hydrogens (tertiary/aromatic N) is 2. The predicted octanol–water partition coefficient (Wildman–Crippen LogP) is 3.26. The highest BCUT2D eigenvalue weighted by Crippen LogP contribution is 2.52. The number of primary sulfonamides is 1. The van der Waals surface area contributed by atoms with E-state index in [1.54, 1.807) is 6.92 Å². The minimum absolute atomic E-state index is 0.00304. The van der Waals surface area contributed by atoms with Crippen LogP contribution in [0.15, 0.2) is 26.9 Å². The third kappa shape index (κ3) is 3.82. The largest absolute Gasteiger partial charge is 0.491 e. The molecule has 11 nitrogen and oxygen atoms in total. The number of fused-ring (bicyclic) bond motifs is 1. The van der Waals surface area contributed by atoms with E-state index in [0.29, 0.717) is 0 Å². The Morgan fingerprint density at radius 3 is 2.64 bits per heavy atom. The van der Waals surface area contributed by atoms with E-state index < -0.39 is 26.6 Å². The Morgan fingerprint density at radius 2 is 2.06 bits per heavy atom. The van der Waals surface area contributed by atoms with Crippen LogP contribution in [-0.4, -0.2) is 39.2 Å². The van der Waals surface area contributed by atoms with Crippen molar-refractivity contribution in [2.24, 2.45) is 5.14 Å². The van der Waals surface area contributed by atoms with E-state index in [9.17, 15) is 18.0 Å². The summed E-state index contributed by atoms with van der Waals surface area (Å²) in [5, 5.41) is 10.4. The van der Waals surface area contributed by atoms with Crippen LogP contribution < -0.4 is 24.2 Å². The number of nitrogens with two attached hydrogens (primary N) is 1. The van der Waals surface area contributed by atoms with Crippen molar-refractivity contribution in [3.8, 4) is 17.2 Å². The van der Waals surface area contributed by atoms with Crippen LogP contribution in [0.3, 0.4) is 0 Å². The molecule has 0 bridgehead atoms. The second-order valence-corrected chi connectivity index (χ2v) is 9.61. The maximum absolute atomic E-state index is 13.8. The van der Waals surface area contributed by atoms with Crippen molar-refractivity contribution in [1.82, 2.24) is 5.16 Å². The number of sulfonamides is 1. The van der Waals surface area contributed by atoms with Crippen LogP contribution in [0.4, 0.5) is 11.6 Å². The lowest BCUT2D eigenvalue weighted by molar-refractivity contribution is 0.0994. The molecule has 1 aliphatic heterocycles. The van der Waals surface area contributed by atoms with E-state index in [2.05, 4.69) is 5.16 Å². The molecule has 2 N–H and O–H groups in total. The summed E-state index contributed by atoms with van der Waals surface area (Å²) in [5.74, 6) is -1.26. The number of aryl methyl sites for hydroxylation is 1. The average molecular weight is 514 g/mol. The molecule has 33 heavy (non-hydrogen) atoms. The van der Waals surface area contributed by atoms with Crippen LogP contribution in [0.1, 0.15) is 32.6 Å². The zero-order chi connectivity index (χ0) is 24.1. The van der Waals surface area contributed by atoms with Crippen molar-refractivity contribution in [3.63, 3.8) is 0 Å². The summed E-state index contributed by atoms with van der Waals surface area (Å²) < 4.78 is 45.8. The molecule has 0 spiro atoms. The van der Waals surface area contributed by atoms with Crippen molar-refractivity contribution in [2.75, 3.05) is 18.8 Å². The number of amides is 1. The van der Waals surface area contributed by atoms with Gasteiger partial charge in [0.1, 0.15) is 26.2 Å². The molecule has 0 atom stereocenters. The molecule has 3 aromatic rings. The van der Waals surface area contributed by atoms with Gasteiger partial charge in [-0.15, -0.1) is 11.3 Å². The first-order valence-electron chi connectivity index (χ1n) is 9.14. The quantitative estimate of drug-likeness (QED) is 0.489. The lowest BCUT2D eigenvalue weighted by atomic mass is 10.1. The van der Waals surface area contributed by atoms with Crippen LogP contribution in [-0.2, 0) is 10.0 Å². The standard InChI is InChI=1S/C19H16ClN3O8S2/c1-8-13(20)19(31-22-8)23(18(25)17-12(4-5-32-17)33(21,26)27)14-10(9(2)24)6-11-15(16(14)28-3)30-7-29-11/h4-6H,7H2,1-3H3,(H2,21,26,27). The number of thiophene rings is 1. The van der Waals surface area contributed by atoms with Gasteiger partial charge in [0.25, 0.3) is 11.8 Å². The van der Waals surface area contributed by atoms with Gasteiger partial charge >= 0.3 is 0 Å². The van der Waals surface area contributed by atoms with Crippen molar-refractivity contribution in [1.29, 1.82) is 0 Å². The molecule has 174 valence electrons. The van der Waals surface area contributed by atoms with Crippen molar-refractivity contribution < 1.29 is 36.7 Å². The number of halogens is 1. The third-order valence-corrected chi connectivity index (χ3v) is 7.13. The molecule has 0 fully saturated rings. The monoisotopic (exact) mass is 513 g/mol. The third-order valence-electron chi connectivity index (χ3n) is 4.71. The predicted molar refractivity (Wildman–Crippen MR) is 118 cm³/mol. The van der Waals surface area contributed by atoms with Crippen LogP contribution in [0, 0.1) is 6.92 Å². The second kappa shape index (κ2) is 8.33. The number of ether oxygens (including phenoxy) is 3. The molecule has 0 saturated carbocycles. The zero-order valence-corrected chi connectivity index (χ0v) is 19.8. The molecule has 0 unspecified atom stereocenters. The van der Waals surface area contributed by atoms with E-state index in [4.69, 9.17) is 35.5 Å². The van der Waals surface area contributed by atoms with Gasteiger partial charge in [0.05, 0.1) is 7.11 Å². The van der Waals surface area contributed by atoms with Crippen LogP contribution >= 0.6 is 22.9 Å². The van der Waals surface area contributed by atoms with Gasteiger partial charge in [-0.3, -0.25) is 9.59 Å². The Hall–Kier alpha value is -3.13. The number of anilines is 2. The minimum atomic E-state index is -4.25. The molecule has 14 heteroatoms. The maximum atomic E-state index is 13.8. The molecular formula is C19H16ClN3O8S2. The summed E-state index contributed by atoms with van der Waals surface area (Å²) in [6, 6.07) is 2.58. The van der Waals surface area contributed by atoms with Gasteiger partial charge in [0, 0.05) is 5.56 Å². The number of hydrogen-bond donors (Lipinski definition) is 1. The highest BCUT2D eigenvalue weighted by atomic mass is 35.5. The highest BCUT2D eigenvalue weighted by Gasteiger charge is 2.38. The molecule has 3 heterocycles. The fourth-order valence-electron chi connectivity index (χ4n) is 3.24. The van der Waals surface area contributed by atoms with Gasteiger partial charge in [0.15, 0.2) is 17.3 Å². The Kier molecular flexibility index (Phi) is 5.82. The van der Waals surface area contributed by atoms with E-state index in [0.717, 1.165) is 16.2 Å². The van der Waals surface area contributed by atoms with Gasteiger partial charge in [-0.05, 0) is 31.4 Å². The van der Waals surface area contributed by atoms with Gasteiger partial charge < -0.3 is 18.7 Å². The number of methoxy groups -OCH3 is 1. The second-order valence-electron chi connectivity index (χ2n) is 6.78. The van der Waals surface area contributed by atoms with E-state index in [-0.39, 0.29) is 56.8 Å². The fourth-order valence-corrected chi connectivity index (χ4v) is 5.29. The highest BCUT2D eigenvalue weighted by molar-refractivity contribution is 7.89. The number of aromatic nitrogens is 1. The van der Waals surface area contributed by atoms with E-state index in [1.807, 2.05) is 0 Å². The van der Waals surface area contributed by atoms with Crippen molar-refractivity contribution in [2.45, 2.75) is 18.7 Å². The number of hydrogen-bond acceptors (Lipinski definition) is 10. The topological polar surface area (TPSA) is 151 Å². The number of rotatable bonds is 6. The van der Waals surface area contributed by atoms with Gasteiger partial charge in [0.2, 0.25) is 22.6 Å². The Labute approximate surface area is 196 Å². The zero-order valence-electron chi connectivity index (χ0n) is 17.4. The smallest absolute Gasteiger partial charge is 0.276 e. The molecule has 1 aromatic carbocycles.